The van der Waals surface area contributed by atoms with Gasteiger partial charge in [0.1, 0.15) is 5.75 Å². The molecule has 1 aromatic carbocycles. The van der Waals surface area contributed by atoms with Gasteiger partial charge in [-0.3, -0.25) is 0 Å². The number of benzene rings is 1. The molecule has 1 heterocycles. The lowest BCUT2D eigenvalue weighted by atomic mass is 10.0. The maximum absolute atomic E-state index is 5.69. The fourth-order valence-electron chi connectivity index (χ4n) is 1.88. The Bertz CT molecular complexity index is 322. The summed E-state index contributed by atoms with van der Waals surface area (Å²) in [4.78, 5) is 0. The van der Waals surface area contributed by atoms with Crippen LogP contribution in [0.25, 0.3) is 0 Å². The monoisotopic (exact) mass is 205 g/mol. The number of rotatable bonds is 4. The molecule has 1 aliphatic rings. The molecule has 2 nitrogen and oxygen atoms in total. The van der Waals surface area contributed by atoms with Gasteiger partial charge in [0.25, 0.3) is 0 Å². The lowest BCUT2D eigenvalue weighted by Crippen LogP contribution is -2.23. The Morgan fingerprint density at radius 3 is 3.13 bits per heavy atom. The first-order valence-electron chi connectivity index (χ1n) is 5.85. The Morgan fingerprint density at radius 1 is 1.33 bits per heavy atom. The van der Waals surface area contributed by atoms with Crippen molar-refractivity contribution in [3.8, 4) is 5.75 Å². The van der Waals surface area contributed by atoms with Gasteiger partial charge in [-0.1, -0.05) is 19.4 Å². The number of unbranched alkanes of at least 4 members (excludes halogenated alkanes) is 1. The van der Waals surface area contributed by atoms with E-state index in [4.69, 9.17) is 4.74 Å². The van der Waals surface area contributed by atoms with Crippen LogP contribution in [0, 0.1) is 0 Å². The second-order valence-electron chi connectivity index (χ2n) is 4.06. The fraction of sp³-hybridized carbons (Fsp3) is 0.538. The predicted octanol–water partition coefficient (Wildman–Crippen LogP) is 2.51. The van der Waals surface area contributed by atoms with E-state index in [0.717, 1.165) is 38.3 Å². The fourth-order valence-corrected chi connectivity index (χ4v) is 1.88. The molecule has 0 radical (unpaired) electrons. The average Bonchev–Trinajstić information content (AvgIpc) is 2.29. The van der Waals surface area contributed by atoms with Gasteiger partial charge in [0.15, 0.2) is 0 Å². The van der Waals surface area contributed by atoms with E-state index < -0.39 is 0 Å². The van der Waals surface area contributed by atoms with Gasteiger partial charge in [0, 0.05) is 6.54 Å². The van der Waals surface area contributed by atoms with Crippen LogP contribution in [0.2, 0.25) is 0 Å². The SMILES string of the molecule is CCCCOc1ccc2c(c1)CCNC2. The van der Waals surface area contributed by atoms with Crippen LogP contribution < -0.4 is 10.1 Å². The standard InChI is InChI=1S/C13H19NO/c1-2-3-8-15-13-5-4-12-10-14-7-6-11(12)9-13/h4-5,9,14H,2-3,6-8,10H2,1H3. The predicted molar refractivity (Wildman–Crippen MR) is 62.3 cm³/mol. The van der Waals surface area contributed by atoms with Crippen LogP contribution in [0.1, 0.15) is 30.9 Å². The molecular formula is C13H19NO. The summed E-state index contributed by atoms with van der Waals surface area (Å²) < 4.78 is 5.69. The molecule has 0 aliphatic carbocycles. The van der Waals surface area contributed by atoms with Gasteiger partial charge in [-0.25, -0.2) is 0 Å². The van der Waals surface area contributed by atoms with Crippen molar-refractivity contribution >= 4 is 0 Å². The summed E-state index contributed by atoms with van der Waals surface area (Å²) in [6, 6.07) is 6.47. The van der Waals surface area contributed by atoms with Crippen molar-refractivity contribution in [2.45, 2.75) is 32.7 Å². The van der Waals surface area contributed by atoms with Crippen LogP contribution in [-0.4, -0.2) is 13.2 Å². The zero-order chi connectivity index (χ0) is 10.5. The lowest BCUT2D eigenvalue weighted by Gasteiger charge is -2.17. The summed E-state index contributed by atoms with van der Waals surface area (Å²) in [6.45, 7) is 5.12. The summed E-state index contributed by atoms with van der Waals surface area (Å²) in [5.74, 6) is 1.03. The van der Waals surface area contributed by atoms with E-state index in [0.29, 0.717) is 0 Å². The Morgan fingerprint density at radius 2 is 2.27 bits per heavy atom. The van der Waals surface area contributed by atoms with E-state index in [2.05, 4.69) is 30.4 Å². The normalized spacial score (nSPS) is 14.7. The number of ether oxygens (including phenoxy) is 1. The molecule has 0 amide bonds. The second-order valence-corrected chi connectivity index (χ2v) is 4.06. The van der Waals surface area contributed by atoms with Gasteiger partial charge in [-0.15, -0.1) is 0 Å². The third-order valence-corrected chi connectivity index (χ3v) is 2.83. The molecule has 0 saturated carbocycles. The lowest BCUT2D eigenvalue weighted by molar-refractivity contribution is 0.309. The van der Waals surface area contributed by atoms with E-state index in [1.807, 2.05) is 0 Å². The second kappa shape index (κ2) is 5.17. The summed E-state index contributed by atoms with van der Waals surface area (Å²) >= 11 is 0. The highest BCUT2D eigenvalue weighted by atomic mass is 16.5. The van der Waals surface area contributed by atoms with Gasteiger partial charge in [0.2, 0.25) is 0 Å². The van der Waals surface area contributed by atoms with Crippen molar-refractivity contribution in [2.75, 3.05) is 13.2 Å². The van der Waals surface area contributed by atoms with Gasteiger partial charge >= 0.3 is 0 Å². The molecule has 0 spiro atoms. The van der Waals surface area contributed by atoms with Crippen molar-refractivity contribution < 1.29 is 4.74 Å². The highest BCUT2D eigenvalue weighted by molar-refractivity contribution is 5.37. The Labute approximate surface area is 91.6 Å². The average molecular weight is 205 g/mol. The van der Waals surface area contributed by atoms with Gasteiger partial charge in [-0.2, -0.15) is 0 Å². The molecule has 0 unspecified atom stereocenters. The minimum absolute atomic E-state index is 0.841. The Hall–Kier alpha value is -1.02. The highest BCUT2D eigenvalue weighted by Gasteiger charge is 2.08. The van der Waals surface area contributed by atoms with Crippen molar-refractivity contribution in [1.82, 2.24) is 5.32 Å². The summed E-state index contributed by atoms with van der Waals surface area (Å²) in [6.07, 6.45) is 3.45. The summed E-state index contributed by atoms with van der Waals surface area (Å²) in [5.41, 5.74) is 2.87. The van der Waals surface area contributed by atoms with Crippen molar-refractivity contribution in [2.24, 2.45) is 0 Å². The highest BCUT2D eigenvalue weighted by Crippen LogP contribution is 2.20. The Balaban J connectivity index is 2.00. The largest absolute Gasteiger partial charge is 0.494 e. The smallest absolute Gasteiger partial charge is 0.119 e. The first kappa shape index (κ1) is 10.5. The molecule has 0 saturated heterocycles. The quantitative estimate of drug-likeness (QED) is 0.763. The molecule has 15 heavy (non-hydrogen) atoms. The maximum Gasteiger partial charge on any atom is 0.119 e. The van der Waals surface area contributed by atoms with Gasteiger partial charge in [-0.05, 0) is 42.6 Å². The molecule has 0 fully saturated rings. The van der Waals surface area contributed by atoms with Crippen LogP contribution >= 0.6 is 0 Å². The van der Waals surface area contributed by atoms with E-state index in [1.165, 1.54) is 17.5 Å². The van der Waals surface area contributed by atoms with Crippen molar-refractivity contribution in [1.29, 1.82) is 0 Å². The zero-order valence-electron chi connectivity index (χ0n) is 9.38. The molecule has 0 atom stereocenters. The van der Waals surface area contributed by atoms with E-state index >= 15 is 0 Å². The van der Waals surface area contributed by atoms with Crippen LogP contribution in [0.3, 0.4) is 0 Å². The van der Waals surface area contributed by atoms with E-state index in [9.17, 15) is 0 Å². The Kier molecular flexibility index (Phi) is 3.62. The number of fused-ring (bicyclic) bond motifs is 1. The molecule has 1 aromatic rings. The maximum atomic E-state index is 5.69. The van der Waals surface area contributed by atoms with Crippen LogP contribution in [0.5, 0.6) is 5.75 Å². The molecule has 1 N–H and O–H groups in total. The number of hydrogen-bond donors (Lipinski definition) is 1. The van der Waals surface area contributed by atoms with Crippen molar-refractivity contribution in [3.63, 3.8) is 0 Å². The first-order chi connectivity index (χ1) is 7.40. The van der Waals surface area contributed by atoms with Crippen molar-refractivity contribution in [3.05, 3.63) is 29.3 Å². The zero-order valence-corrected chi connectivity index (χ0v) is 9.38. The molecule has 2 rings (SSSR count). The molecule has 0 bridgehead atoms. The molecular weight excluding hydrogens is 186 g/mol. The summed E-state index contributed by atoms with van der Waals surface area (Å²) in [7, 11) is 0. The number of hydrogen-bond acceptors (Lipinski definition) is 2. The molecule has 82 valence electrons. The third-order valence-electron chi connectivity index (χ3n) is 2.83. The first-order valence-corrected chi connectivity index (χ1v) is 5.85. The van der Waals surface area contributed by atoms with E-state index in [-0.39, 0.29) is 0 Å². The van der Waals surface area contributed by atoms with Gasteiger partial charge in [0.05, 0.1) is 6.61 Å². The minimum Gasteiger partial charge on any atom is -0.494 e. The van der Waals surface area contributed by atoms with Crippen LogP contribution in [0.15, 0.2) is 18.2 Å². The number of nitrogens with one attached hydrogen (secondary N) is 1. The molecule has 0 aromatic heterocycles. The van der Waals surface area contributed by atoms with Crippen LogP contribution in [-0.2, 0) is 13.0 Å². The summed E-state index contributed by atoms with van der Waals surface area (Å²) in [5, 5.41) is 3.37. The van der Waals surface area contributed by atoms with Crippen LogP contribution in [0.4, 0.5) is 0 Å². The van der Waals surface area contributed by atoms with Gasteiger partial charge < -0.3 is 10.1 Å². The minimum atomic E-state index is 0.841. The molecule has 2 heteroatoms. The van der Waals surface area contributed by atoms with E-state index in [1.54, 1.807) is 0 Å². The third kappa shape index (κ3) is 2.72. The molecule has 1 aliphatic heterocycles. The topological polar surface area (TPSA) is 21.3 Å².